The van der Waals surface area contributed by atoms with Crippen molar-refractivity contribution >= 4 is 6.09 Å². The van der Waals surface area contributed by atoms with Crippen LogP contribution in [-0.2, 0) is 0 Å². The van der Waals surface area contributed by atoms with Crippen LogP contribution >= 0.6 is 0 Å². The molecule has 0 radical (unpaired) electrons. The molecule has 132 valence electrons. The van der Waals surface area contributed by atoms with Gasteiger partial charge in [0.2, 0.25) is 0 Å². The number of rotatable bonds is 3. The van der Waals surface area contributed by atoms with Crippen molar-refractivity contribution in [1.29, 1.82) is 0 Å². The molecule has 4 nitrogen and oxygen atoms in total. The molecule has 0 unspecified atom stereocenters. The molecular weight excluding hydrogens is 300 g/mol. The summed E-state index contributed by atoms with van der Waals surface area (Å²) in [6, 6.07) is 9.98. The van der Waals surface area contributed by atoms with Crippen LogP contribution in [0, 0.1) is 11.3 Å². The largest absolute Gasteiger partial charge is 0.465 e. The van der Waals surface area contributed by atoms with Crippen molar-refractivity contribution in [2.24, 2.45) is 11.3 Å². The van der Waals surface area contributed by atoms with Crippen molar-refractivity contribution in [3.63, 3.8) is 0 Å². The average Bonchev–Trinajstić information content (AvgIpc) is 2.53. The van der Waals surface area contributed by atoms with Gasteiger partial charge in [0.25, 0.3) is 0 Å². The molecule has 1 atom stereocenters. The number of benzene rings is 1. The number of nitrogens with zero attached hydrogens (tertiary/aromatic N) is 2. The number of hydrogen-bond donors (Lipinski definition) is 1. The molecule has 1 N–H and O–H groups in total. The topological polar surface area (TPSA) is 43.8 Å². The third-order valence-electron chi connectivity index (χ3n) is 6.00. The summed E-state index contributed by atoms with van der Waals surface area (Å²) >= 11 is 0. The average molecular weight is 330 g/mol. The molecule has 24 heavy (non-hydrogen) atoms. The molecule has 3 fully saturated rings. The van der Waals surface area contributed by atoms with E-state index in [0.717, 1.165) is 43.7 Å². The van der Waals surface area contributed by atoms with Crippen LogP contribution in [0.5, 0.6) is 0 Å². The second-order valence-corrected chi connectivity index (χ2v) is 8.64. The van der Waals surface area contributed by atoms with Crippen LogP contribution in [0.15, 0.2) is 30.3 Å². The van der Waals surface area contributed by atoms with Crippen LogP contribution in [-0.4, -0.2) is 40.3 Å². The summed E-state index contributed by atoms with van der Waals surface area (Å²) in [6.45, 7) is 7.44. The molecular formula is C20H30N2O2. The van der Waals surface area contributed by atoms with Gasteiger partial charge in [0.05, 0.1) is 11.7 Å². The summed E-state index contributed by atoms with van der Waals surface area (Å²) in [6.07, 6.45) is 3.37. The highest BCUT2D eigenvalue weighted by Crippen LogP contribution is 2.50. The predicted molar refractivity (Wildman–Crippen MR) is 95.8 cm³/mol. The van der Waals surface area contributed by atoms with E-state index in [4.69, 9.17) is 0 Å². The van der Waals surface area contributed by atoms with Crippen LogP contribution < -0.4 is 0 Å². The Hall–Kier alpha value is -1.55. The third kappa shape index (κ3) is 2.81. The highest BCUT2D eigenvalue weighted by atomic mass is 16.4. The summed E-state index contributed by atoms with van der Waals surface area (Å²) in [5.41, 5.74) is 0.542. The van der Waals surface area contributed by atoms with Crippen molar-refractivity contribution < 1.29 is 9.90 Å². The first kappa shape index (κ1) is 17.3. The Balaban J connectivity index is 2.09. The maximum Gasteiger partial charge on any atom is 0.409 e. The van der Waals surface area contributed by atoms with Crippen molar-refractivity contribution in [1.82, 2.24) is 9.80 Å². The summed E-state index contributed by atoms with van der Waals surface area (Å²) in [5, 5.41) is 10.3. The zero-order chi connectivity index (χ0) is 17.5. The van der Waals surface area contributed by atoms with Crippen LogP contribution in [0.25, 0.3) is 0 Å². The summed E-state index contributed by atoms with van der Waals surface area (Å²) in [4.78, 5) is 16.6. The maximum atomic E-state index is 12.5. The fourth-order valence-corrected chi connectivity index (χ4v) is 4.89. The molecule has 1 aliphatic carbocycles. The van der Waals surface area contributed by atoms with Gasteiger partial charge in [0.15, 0.2) is 0 Å². The van der Waals surface area contributed by atoms with E-state index in [9.17, 15) is 9.90 Å². The molecule has 2 saturated heterocycles. The van der Waals surface area contributed by atoms with Gasteiger partial charge >= 0.3 is 6.09 Å². The lowest BCUT2D eigenvalue weighted by Crippen LogP contribution is -2.68. The minimum atomic E-state index is -0.800. The molecule has 1 saturated carbocycles. The second-order valence-electron chi connectivity index (χ2n) is 8.64. The first-order chi connectivity index (χ1) is 11.3. The van der Waals surface area contributed by atoms with Gasteiger partial charge in [-0.2, -0.15) is 0 Å². The van der Waals surface area contributed by atoms with Gasteiger partial charge in [-0.25, -0.2) is 4.79 Å². The third-order valence-corrected chi connectivity index (χ3v) is 6.00. The van der Waals surface area contributed by atoms with Gasteiger partial charge in [-0.1, -0.05) is 51.1 Å². The minimum Gasteiger partial charge on any atom is -0.465 e. The Morgan fingerprint density at radius 1 is 1.25 bits per heavy atom. The second kappa shape index (κ2) is 6.07. The monoisotopic (exact) mass is 330 g/mol. The first-order valence-corrected chi connectivity index (χ1v) is 9.04. The molecule has 0 aromatic heterocycles. The van der Waals surface area contributed by atoms with E-state index in [2.05, 4.69) is 44.9 Å². The molecule has 3 aliphatic rings. The Bertz CT molecular complexity index is 585. The Morgan fingerprint density at radius 2 is 1.83 bits per heavy atom. The van der Waals surface area contributed by atoms with E-state index < -0.39 is 6.09 Å². The van der Waals surface area contributed by atoms with Gasteiger partial charge in [-0.3, -0.25) is 9.80 Å². The van der Waals surface area contributed by atoms with Crippen molar-refractivity contribution in [3.8, 4) is 0 Å². The summed E-state index contributed by atoms with van der Waals surface area (Å²) in [7, 11) is 2.10. The number of carboxylic acid groups (broad SMARTS) is 1. The van der Waals surface area contributed by atoms with Crippen LogP contribution in [0.4, 0.5) is 4.79 Å². The lowest BCUT2D eigenvalue weighted by molar-refractivity contribution is -0.139. The van der Waals surface area contributed by atoms with Crippen molar-refractivity contribution in [3.05, 3.63) is 35.9 Å². The summed E-state index contributed by atoms with van der Waals surface area (Å²) < 4.78 is 0. The zero-order valence-electron chi connectivity index (χ0n) is 15.3. The fourth-order valence-electron chi connectivity index (χ4n) is 4.89. The molecule has 4 heteroatoms. The van der Waals surface area contributed by atoms with E-state index in [-0.39, 0.29) is 17.1 Å². The Labute approximate surface area is 145 Å². The lowest BCUT2D eigenvalue weighted by atomic mass is 9.72. The standard InChI is InChI=1S/C20H30N2O2/c1-19(2,3)17(16-8-6-5-7-9-16)22(18(23)24)20-12-10-15(11-13-20)14-21(20)4/h5-9,15,17H,10-14H2,1-4H3,(H,23,24)/t15?,17-,20?/m0/s1. The summed E-state index contributed by atoms with van der Waals surface area (Å²) in [5.74, 6) is 0.734. The molecule has 2 heterocycles. The van der Waals surface area contributed by atoms with Gasteiger partial charge in [0.1, 0.15) is 0 Å². The van der Waals surface area contributed by atoms with Gasteiger partial charge in [-0.05, 0) is 49.6 Å². The molecule has 4 rings (SSSR count). The molecule has 2 aliphatic heterocycles. The quantitative estimate of drug-likeness (QED) is 0.882. The highest BCUT2D eigenvalue weighted by Gasteiger charge is 2.54. The number of piperidine rings is 2. The first-order valence-electron chi connectivity index (χ1n) is 9.04. The molecule has 1 aromatic carbocycles. The Kier molecular flexibility index (Phi) is 4.37. The SMILES string of the molecule is CN1CC2CCC1(N(C(=O)O)[C@@H](c1ccccc1)C(C)(C)C)CC2. The fraction of sp³-hybridized carbons (Fsp3) is 0.650. The van der Waals surface area contributed by atoms with E-state index in [0.29, 0.717) is 0 Å². The van der Waals surface area contributed by atoms with E-state index in [1.807, 2.05) is 18.2 Å². The van der Waals surface area contributed by atoms with Gasteiger partial charge in [0, 0.05) is 6.54 Å². The van der Waals surface area contributed by atoms with E-state index >= 15 is 0 Å². The highest BCUT2D eigenvalue weighted by molar-refractivity contribution is 5.67. The van der Waals surface area contributed by atoms with E-state index in [1.165, 1.54) is 0 Å². The molecule has 0 spiro atoms. The lowest BCUT2D eigenvalue weighted by Gasteiger charge is -2.60. The maximum absolute atomic E-state index is 12.5. The molecule has 1 aromatic rings. The normalized spacial score (nSPS) is 28.6. The Morgan fingerprint density at radius 3 is 2.29 bits per heavy atom. The predicted octanol–water partition coefficient (Wildman–Crippen LogP) is 4.59. The number of amides is 1. The van der Waals surface area contributed by atoms with Crippen LogP contribution in [0.2, 0.25) is 0 Å². The smallest absolute Gasteiger partial charge is 0.409 e. The van der Waals surface area contributed by atoms with E-state index in [1.54, 1.807) is 4.90 Å². The zero-order valence-corrected chi connectivity index (χ0v) is 15.3. The molecule has 2 bridgehead atoms. The van der Waals surface area contributed by atoms with Crippen molar-refractivity contribution in [2.75, 3.05) is 13.6 Å². The molecule has 1 amide bonds. The van der Waals surface area contributed by atoms with Gasteiger partial charge in [-0.15, -0.1) is 0 Å². The number of carbonyl (C=O) groups is 1. The van der Waals surface area contributed by atoms with Crippen molar-refractivity contribution in [2.45, 2.75) is 58.2 Å². The number of hydrogen-bond acceptors (Lipinski definition) is 2. The minimum absolute atomic E-state index is 0.159. The van der Waals surface area contributed by atoms with Gasteiger partial charge < -0.3 is 5.11 Å². The van der Waals surface area contributed by atoms with Crippen LogP contribution in [0.3, 0.4) is 0 Å². The number of fused-ring (bicyclic) bond motifs is 3. The van der Waals surface area contributed by atoms with Crippen LogP contribution in [0.1, 0.15) is 58.1 Å².